The summed E-state index contributed by atoms with van der Waals surface area (Å²) in [5, 5.41) is 8.22. The summed E-state index contributed by atoms with van der Waals surface area (Å²) in [5.41, 5.74) is 4.47. The van der Waals surface area contributed by atoms with Crippen LogP contribution in [0.15, 0.2) is 0 Å². The van der Waals surface area contributed by atoms with E-state index in [1.807, 2.05) is 34.2 Å². The highest BCUT2D eigenvalue weighted by atomic mass is 16.6. The van der Waals surface area contributed by atoms with E-state index in [-0.39, 0.29) is 19.1 Å². The van der Waals surface area contributed by atoms with Crippen molar-refractivity contribution in [2.75, 3.05) is 46.5 Å². The fraction of sp³-hybridized carbons (Fsp3) is 0.750. The van der Waals surface area contributed by atoms with Crippen LogP contribution in [-0.4, -0.2) is 97.9 Å². The van der Waals surface area contributed by atoms with E-state index in [9.17, 15) is 14.4 Å². The molecule has 3 amide bonds. The van der Waals surface area contributed by atoms with Crippen LogP contribution in [0.2, 0.25) is 0 Å². The molecule has 1 fully saturated rings. The molecule has 1 aliphatic rings. The first-order valence-electron chi connectivity index (χ1n) is 13.8. The Morgan fingerprint density at radius 1 is 0.810 bits per heavy atom. The molecule has 0 heterocycles. The normalized spacial score (nSPS) is 10.6. The van der Waals surface area contributed by atoms with Gasteiger partial charge in [-0.25, -0.2) is 9.59 Å². The van der Waals surface area contributed by atoms with E-state index in [1.165, 1.54) is 52.0 Å². The Balaban J connectivity index is -0.000000122. The zero-order valence-electron chi connectivity index (χ0n) is 26.5. The molecular weight excluding hydrogens is 552 g/mol. The van der Waals surface area contributed by atoms with E-state index in [2.05, 4.69) is 28.6 Å². The molecule has 0 saturated heterocycles. The van der Waals surface area contributed by atoms with Crippen molar-refractivity contribution in [1.82, 2.24) is 16.0 Å². The summed E-state index contributed by atoms with van der Waals surface area (Å²) < 4.78 is 15.5. The number of primary amides is 1. The summed E-state index contributed by atoms with van der Waals surface area (Å²) in [5.74, 6) is 0.744. The molecule has 0 spiro atoms. The Labute approximate surface area is 252 Å². The first-order chi connectivity index (χ1) is 20.3. The van der Waals surface area contributed by atoms with Gasteiger partial charge < -0.3 is 55.1 Å². The minimum Gasteiger partial charge on any atom is -0.447 e. The van der Waals surface area contributed by atoms with E-state index in [4.69, 9.17) is 33.4 Å². The fourth-order valence-electron chi connectivity index (χ4n) is 3.13. The average molecular weight is 611 g/mol. The van der Waals surface area contributed by atoms with Crippen molar-refractivity contribution in [2.45, 2.75) is 85.2 Å². The quantitative estimate of drug-likeness (QED) is 0.210. The molecule has 250 valence electrons. The first kappa shape index (κ1) is 51.4. The summed E-state index contributed by atoms with van der Waals surface area (Å²) in [6.07, 6.45) is 9.26. The molecule has 0 aliphatic heterocycles. The van der Waals surface area contributed by atoms with E-state index >= 15 is 0 Å². The van der Waals surface area contributed by atoms with Crippen LogP contribution in [0.1, 0.15) is 79.1 Å². The van der Waals surface area contributed by atoms with Gasteiger partial charge in [0.05, 0.1) is 0 Å². The molecule has 0 bridgehead atoms. The largest absolute Gasteiger partial charge is 0.447 e. The molecule has 14 nitrogen and oxygen atoms in total. The number of alkyl carbamates (subject to hydrolysis) is 2. The predicted molar refractivity (Wildman–Crippen MR) is 163 cm³/mol. The highest BCUT2D eigenvalue weighted by molar-refractivity contribution is 5.70. The Hall–Kier alpha value is -3.39. The predicted octanol–water partition coefficient (Wildman–Crippen LogP) is 2.59. The zero-order valence-corrected chi connectivity index (χ0v) is 26.5. The van der Waals surface area contributed by atoms with Crippen molar-refractivity contribution >= 4 is 45.2 Å². The number of carbonyl (C=O) groups excluding carboxylic acids is 7. The summed E-state index contributed by atoms with van der Waals surface area (Å²) in [7, 11) is 2.04. The number of carbonyl (C=O) groups is 7. The lowest BCUT2D eigenvalue weighted by atomic mass is 10.0. The molecule has 0 atom stereocenters. The minimum absolute atomic E-state index is 0.0505. The van der Waals surface area contributed by atoms with Crippen LogP contribution in [0.5, 0.6) is 0 Å². The van der Waals surface area contributed by atoms with Crippen molar-refractivity contribution in [3.8, 4) is 0 Å². The zero-order chi connectivity index (χ0) is 34.0. The second kappa shape index (κ2) is 50.4. The SMILES string of the molecule is C=O.C=O.C=O.C=O.CC(N)=O.CCCCOC(COC(=O)NCC)COC(=O)NCC.CNCCCC1CCCC1. The third-order valence-corrected chi connectivity index (χ3v) is 4.81. The van der Waals surface area contributed by atoms with Gasteiger partial charge in [-0.05, 0) is 52.6 Å². The van der Waals surface area contributed by atoms with E-state index in [0.717, 1.165) is 18.8 Å². The number of nitrogens with one attached hydrogen (secondary N) is 3. The van der Waals surface area contributed by atoms with Gasteiger partial charge in [0, 0.05) is 26.6 Å². The summed E-state index contributed by atoms with van der Waals surface area (Å²) in [6.45, 7) is 17.8. The van der Waals surface area contributed by atoms with Gasteiger partial charge in [0.1, 0.15) is 46.5 Å². The summed E-state index contributed by atoms with van der Waals surface area (Å²) in [4.78, 5) is 63.6. The van der Waals surface area contributed by atoms with Gasteiger partial charge in [0.25, 0.3) is 0 Å². The van der Waals surface area contributed by atoms with Crippen molar-refractivity contribution in [2.24, 2.45) is 11.7 Å². The number of hydrogen-bond donors (Lipinski definition) is 4. The van der Waals surface area contributed by atoms with Gasteiger partial charge in [-0.1, -0.05) is 39.0 Å². The summed E-state index contributed by atoms with van der Waals surface area (Å²) >= 11 is 0. The molecule has 0 aromatic rings. The van der Waals surface area contributed by atoms with Gasteiger partial charge in [-0.15, -0.1) is 0 Å². The standard InChI is InChI=1S/C13H26N2O5.C9H19N.C2H5NO.4CH2O/c1-4-7-8-18-11(9-19-12(16)14-5-2)10-20-13(17)15-6-3;1-10-8-4-7-9-5-2-3-6-9;1-2(3)4;4*1-2/h11H,4-10H2,1-3H3,(H,14,16)(H,15,17);9-10H,2-8H2,1H3;1H3,(H2,3,4);4*1H2. The second-order valence-electron chi connectivity index (χ2n) is 8.11. The van der Waals surface area contributed by atoms with Gasteiger partial charge in [-0.3, -0.25) is 4.79 Å². The minimum atomic E-state index is -0.505. The van der Waals surface area contributed by atoms with Gasteiger partial charge in [-0.2, -0.15) is 0 Å². The molecule has 1 aliphatic carbocycles. The van der Waals surface area contributed by atoms with Crippen molar-refractivity contribution in [1.29, 1.82) is 0 Å². The molecular formula is C28H58N4O10. The highest BCUT2D eigenvalue weighted by Crippen LogP contribution is 2.28. The third kappa shape index (κ3) is 53.0. The Bertz CT molecular complexity index is 535. The number of hydrogen-bond acceptors (Lipinski definition) is 11. The molecule has 0 radical (unpaired) electrons. The average Bonchev–Trinajstić information content (AvgIpc) is 3.53. The third-order valence-electron chi connectivity index (χ3n) is 4.81. The molecule has 42 heavy (non-hydrogen) atoms. The van der Waals surface area contributed by atoms with Crippen LogP contribution in [0.3, 0.4) is 0 Å². The molecule has 0 aromatic carbocycles. The molecule has 14 heteroatoms. The van der Waals surface area contributed by atoms with Gasteiger partial charge >= 0.3 is 12.2 Å². The Morgan fingerprint density at radius 2 is 1.21 bits per heavy atom. The number of ether oxygens (including phenoxy) is 3. The highest BCUT2D eigenvalue weighted by Gasteiger charge is 2.15. The van der Waals surface area contributed by atoms with E-state index < -0.39 is 18.3 Å². The van der Waals surface area contributed by atoms with Crippen molar-refractivity contribution < 1.29 is 47.8 Å². The maximum absolute atomic E-state index is 11.2. The number of unbranched alkanes of at least 4 members (excludes halogenated alkanes) is 1. The van der Waals surface area contributed by atoms with Crippen molar-refractivity contribution in [3.05, 3.63) is 0 Å². The lowest BCUT2D eigenvalue weighted by Crippen LogP contribution is -2.34. The smallest absolute Gasteiger partial charge is 0.407 e. The Kier molecular flexibility index (Phi) is 61.7. The second-order valence-corrected chi connectivity index (χ2v) is 8.11. The molecule has 1 rings (SSSR count). The van der Waals surface area contributed by atoms with Crippen LogP contribution < -0.4 is 21.7 Å². The number of rotatable bonds is 14. The van der Waals surface area contributed by atoms with Crippen LogP contribution in [0.4, 0.5) is 9.59 Å². The Morgan fingerprint density at radius 3 is 1.55 bits per heavy atom. The number of nitrogens with two attached hydrogens (primary N) is 1. The van der Waals surface area contributed by atoms with Gasteiger partial charge in [0.2, 0.25) is 5.91 Å². The van der Waals surface area contributed by atoms with E-state index in [0.29, 0.717) is 19.7 Å². The monoisotopic (exact) mass is 610 g/mol. The maximum atomic E-state index is 11.2. The van der Waals surface area contributed by atoms with Crippen LogP contribution in [0, 0.1) is 5.92 Å². The van der Waals surface area contributed by atoms with Crippen LogP contribution >= 0.6 is 0 Å². The first-order valence-corrected chi connectivity index (χ1v) is 13.8. The topological polar surface area (TPSA) is 209 Å². The van der Waals surface area contributed by atoms with Crippen LogP contribution in [0.25, 0.3) is 0 Å². The molecule has 1 saturated carbocycles. The molecule has 0 aromatic heterocycles. The lowest BCUT2D eigenvalue weighted by molar-refractivity contribution is -0.116. The van der Waals surface area contributed by atoms with Crippen molar-refractivity contribution in [3.63, 3.8) is 0 Å². The number of amides is 3. The van der Waals surface area contributed by atoms with E-state index in [1.54, 1.807) is 13.8 Å². The molecule has 5 N–H and O–H groups in total. The fourth-order valence-corrected chi connectivity index (χ4v) is 3.13. The maximum Gasteiger partial charge on any atom is 0.407 e. The molecule has 0 unspecified atom stereocenters. The lowest BCUT2D eigenvalue weighted by Gasteiger charge is -2.18. The van der Waals surface area contributed by atoms with Crippen LogP contribution in [-0.2, 0) is 38.2 Å². The summed E-state index contributed by atoms with van der Waals surface area (Å²) in [6, 6.07) is 0. The van der Waals surface area contributed by atoms with Gasteiger partial charge in [0.15, 0.2) is 0 Å².